The summed E-state index contributed by atoms with van der Waals surface area (Å²) >= 11 is 0. The van der Waals surface area contributed by atoms with Gasteiger partial charge in [-0.05, 0) is 43.7 Å². The molecule has 5 heteroatoms. The van der Waals surface area contributed by atoms with Gasteiger partial charge in [0.05, 0.1) is 11.2 Å². The third kappa shape index (κ3) is 2.19. The Morgan fingerprint density at radius 2 is 2.14 bits per heavy atom. The van der Waals surface area contributed by atoms with E-state index in [1.54, 1.807) is 12.4 Å². The molecule has 3 aromatic rings. The summed E-state index contributed by atoms with van der Waals surface area (Å²) in [5.74, 6) is 0.592. The van der Waals surface area contributed by atoms with Crippen LogP contribution in [0.25, 0.3) is 16.7 Å². The van der Waals surface area contributed by atoms with Gasteiger partial charge in [-0.1, -0.05) is 0 Å². The van der Waals surface area contributed by atoms with Crippen LogP contribution < -0.4 is 5.32 Å². The van der Waals surface area contributed by atoms with Crippen molar-refractivity contribution in [2.45, 2.75) is 18.9 Å². The van der Waals surface area contributed by atoms with Crippen molar-refractivity contribution in [3.05, 3.63) is 54.4 Å². The highest BCUT2D eigenvalue weighted by molar-refractivity contribution is 5.81. The quantitative estimate of drug-likeness (QED) is 0.785. The highest BCUT2D eigenvalue weighted by Crippen LogP contribution is 2.24. The third-order valence-electron chi connectivity index (χ3n) is 3.99. The normalized spacial score (nSPS) is 18.4. The first-order chi connectivity index (χ1) is 10.3. The Hall–Kier alpha value is -2.27. The second-order valence-corrected chi connectivity index (χ2v) is 5.34. The Labute approximate surface area is 121 Å². The molecule has 4 rings (SSSR count). The van der Waals surface area contributed by atoms with E-state index in [9.17, 15) is 4.39 Å². The van der Waals surface area contributed by atoms with E-state index in [1.165, 1.54) is 18.6 Å². The first kappa shape index (κ1) is 12.5. The number of hydrogen-bond acceptors (Lipinski definition) is 3. The summed E-state index contributed by atoms with van der Waals surface area (Å²) in [6.07, 6.45) is 5.79. The molecule has 1 aliphatic heterocycles. The average Bonchev–Trinajstić information content (AvgIpc) is 3.16. The molecule has 0 amide bonds. The highest BCUT2D eigenvalue weighted by Gasteiger charge is 2.18. The van der Waals surface area contributed by atoms with Gasteiger partial charge in [0.15, 0.2) is 0 Å². The maximum Gasteiger partial charge on any atom is 0.140 e. The highest BCUT2D eigenvalue weighted by atomic mass is 19.1. The Kier molecular flexibility index (Phi) is 2.93. The summed E-state index contributed by atoms with van der Waals surface area (Å²) in [5, 5.41) is 4.31. The number of rotatable bonds is 2. The Bertz CT molecular complexity index is 790. The van der Waals surface area contributed by atoms with Crippen molar-refractivity contribution in [3.8, 4) is 5.82 Å². The number of halogens is 1. The lowest BCUT2D eigenvalue weighted by Gasteiger charge is -2.11. The van der Waals surface area contributed by atoms with Crippen LogP contribution in [0.1, 0.15) is 24.6 Å². The second-order valence-electron chi connectivity index (χ2n) is 5.34. The molecule has 0 bridgehead atoms. The van der Waals surface area contributed by atoms with Gasteiger partial charge >= 0.3 is 0 Å². The van der Waals surface area contributed by atoms with Crippen LogP contribution in [0.4, 0.5) is 4.39 Å². The van der Waals surface area contributed by atoms with Crippen molar-refractivity contribution in [1.29, 1.82) is 0 Å². The Morgan fingerprint density at radius 1 is 1.19 bits per heavy atom. The fourth-order valence-corrected chi connectivity index (χ4v) is 2.93. The van der Waals surface area contributed by atoms with E-state index in [-0.39, 0.29) is 5.82 Å². The van der Waals surface area contributed by atoms with Crippen molar-refractivity contribution in [2.24, 2.45) is 0 Å². The first-order valence-corrected chi connectivity index (χ1v) is 7.13. The molecule has 1 atom stereocenters. The summed E-state index contributed by atoms with van der Waals surface area (Å²) in [6.45, 7) is 1.04. The van der Waals surface area contributed by atoms with Gasteiger partial charge in [0, 0.05) is 23.7 Å². The Morgan fingerprint density at radius 3 is 3.00 bits per heavy atom. The van der Waals surface area contributed by atoms with Crippen LogP contribution >= 0.6 is 0 Å². The van der Waals surface area contributed by atoms with Crippen LogP contribution in [0.3, 0.4) is 0 Å². The lowest BCUT2D eigenvalue weighted by Crippen LogP contribution is -2.15. The average molecular weight is 282 g/mol. The van der Waals surface area contributed by atoms with Crippen LogP contribution in [0, 0.1) is 5.82 Å². The second kappa shape index (κ2) is 4.93. The fourth-order valence-electron chi connectivity index (χ4n) is 2.93. The molecule has 3 heterocycles. The van der Waals surface area contributed by atoms with Crippen molar-refractivity contribution in [3.63, 3.8) is 0 Å². The van der Waals surface area contributed by atoms with Crippen molar-refractivity contribution >= 4 is 10.9 Å². The van der Waals surface area contributed by atoms with Crippen molar-refractivity contribution < 1.29 is 4.39 Å². The SMILES string of the molecule is Fc1ccc2c(ccn2-c2cc([C@@H]3CCCN3)ncn2)c1. The van der Waals surface area contributed by atoms with E-state index < -0.39 is 0 Å². The lowest BCUT2D eigenvalue weighted by atomic mass is 10.1. The molecule has 1 fully saturated rings. The topological polar surface area (TPSA) is 42.7 Å². The number of nitrogens with zero attached hydrogens (tertiary/aromatic N) is 3. The molecule has 0 unspecified atom stereocenters. The predicted octanol–water partition coefficient (Wildman–Crippen LogP) is 2.98. The van der Waals surface area contributed by atoms with Gasteiger partial charge in [-0.15, -0.1) is 0 Å². The number of aromatic nitrogens is 3. The Balaban J connectivity index is 1.79. The minimum absolute atomic E-state index is 0.223. The molecule has 1 aromatic carbocycles. The lowest BCUT2D eigenvalue weighted by molar-refractivity contribution is 0.624. The van der Waals surface area contributed by atoms with Gasteiger partial charge in [0.1, 0.15) is 18.0 Å². The maximum absolute atomic E-state index is 13.3. The minimum atomic E-state index is -0.223. The van der Waals surface area contributed by atoms with Gasteiger partial charge in [-0.3, -0.25) is 0 Å². The molecular formula is C16H15FN4. The summed E-state index contributed by atoms with van der Waals surface area (Å²) in [5.41, 5.74) is 1.96. The van der Waals surface area contributed by atoms with Crippen LogP contribution in [-0.2, 0) is 0 Å². The largest absolute Gasteiger partial charge is 0.309 e. The minimum Gasteiger partial charge on any atom is -0.309 e. The molecule has 1 N–H and O–H groups in total. The maximum atomic E-state index is 13.3. The van der Waals surface area contributed by atoms with Crippen LogP contribution in [0.5, 0.6) is 0 Å². The van der Waals surface area contributed by atoms with Crippen LogP contribution in [-0.4, -0.2) is 21.1 Å². The molecule has 4 nitrogen and oxygen atoms in total. The van der Waals surface area contributed by atoms with E-state index in [0.717, 1.165) is 35.4 Å². The van der Waals surface area contributed by atoms with E-state index in [4.69, 9.17) is 0 Å². The molecule has 106 valence electrons. The van der Waals surface area contributed by atoms with Crippen molar-refractivity contribution in [1.82, 2.24) is 19.9 Å². The van der Waals surface area contributed by atoms with Gasteiger partial charge in [-0.25, -0.2) is 14.4 Å². The monoisotopic (exact) mass is 282 g/mol. The molecule has 0 aliphatic carbocycles. The zero-order valence-electron chi connectivity index (χ0n) is 11.5. The molecule has 0 radical (unpaired) electrons. The summed E-state index contributed by atoms with van der Waals surface area (Å²) < 4.78 is 15.2. The zero-order chi connectivity index (χ0) is 14.2. The fraction of sp³-hybridized carbons (Fsp3) is 0.250. The van der Waals surface area contributed by atoms with E-state index >= 15 is 0 Å². The van der Waals surface area contributed by atoms with Crippen molar-refractivity contribution in [2.75, 3.05) is 6.54 Å². The predicted molar refractivity (Wildman–Crippen MR) is 78.8 cm³/mol. The summed E-state index contributed by atoms with van der Waals surface area (Å²) in [7, 11) is 0. The first-order valence-electron chi connectivity index (χ1n) is 7.13. The molecule has 0 saturated carbocycles. The third-order valence-corrected chi connectivity index (χ3v) is 3.99. The van der Waals surface area contributed by atoms with E-state index in [1.807, 2.05) is 22.9 Å². The molecular weight excluding hydrogens is 267 g/mol. The zero-order valence-corrected chi connectivity index (χ0v) is 11.5. The molecule has 1 saturated heterocycles. The molecule has 21 heavy (non-hydrogen) atoms. The summed E-state index contributed by atoms with van der Waals surface area (Å²) in [4.78, 5) is 8.73. The van der Waals surface area contributed by atoms with Crippen LogP contribution in [0.2, 0.25) is 0 Å². The standard InChI is InChI=1S/C16H15FN4/c17-12-3-4-15-11(8-12)5-7-21(15)16-9-14(19-10-20-16)13-2-1-6-18-13/h3-5,7-10,13,18H,1-2,6H2/t13-/m0/s1. The van der Waals surface area contributed by atoms with Gasteiger partial charge in [0.2, 0.25) is 0 Å². The van der Waals surface area contributed by atoms with Gasteiger partial charge in [-0.2, -0.15) is 0 Å². The molecule has 0 spiro atoms. The number of hydrogen-bond donors (Lipinski definition) is 1. The smallest absolute Gasteiger partial charge is 0.140 e. The van der Waals surface area contributed by atoms with Gasteiger partial charge < -0.3 is 9.88 Å². The van der Waals surface area contributed by atoms with Gasteiger partial charge in [0.25, 0.3) is 0 Å². The number of nitrogens with one attached hydrogen (secondary N) is 1. The van der Waals surface area contributed by atoms with E-state index in [0.29, 0.717) is 6.04 Å². The number of benzene rings is 1. The number of fused-ring (bicyclic) bond motifs is 1. The molecule has 2 aromatic heterocycles. The van der Waals surface area contributed by atoms with E-state index in [2.05, 4.69) is 15.3 Å². The van der Waals surface area contributed by atoms with Crippen LogP contribution in [0.15, 0.2) is 42.9 Å². The molecule has 1 aliphatic rings. The summed E-state index contributed by atoms with van der Waals surface area (Å²) in [6, 6.07) is 9.00.